The van der Waals surface area contributed by atoms with E-state index in [1.165, 1.54) is 25.5 Å². The number of aromatic nitrogens is 3. The van der Waals surface area contributed by atoms with Crippen LogP contribution in [0.4, 0.5) is 40.7 Å². The molecule has 2 aromatic heterocycles. The summed E-state index contributed by atoms with van der Waals surface area (Å²) in [5, 5.41) is 6.90. The van der Waals surface area contributed by atoms with Gasteiger partial charge in [0, 0.05) is 18.8 Å². The first-order chi connectivity index (χ1) is 16.8. The van der Waals surface area contributed by atoms with Gasteiger partial charge in [0.25, 0.3) is 0 Å². The monoisotopic (exact) mass is 491 g/mol. The Bertz CT molecular complexity index is 1200. The molecule has 0 unspecified atom stereocenters. The summed E-state index contributed by atoms with van der Waals surface area (Å²) in [7, 11) is 1.39. The van der Waals surface area contributed by atoms with Crippen molar-refractivity contribution in [1.29, 1.82) is 0 Å². The quantitative estimate of drug-likeness (QED) is 0.290. The number of hydrogen-bond acceptors (Lipinski definition) is 9. The van der Waals surface area contributed by atoms with Gasteiger partial charge in [0.15, 0.2) is 11.6 Å². The molecule has 0 amide bonds. The van der Waals surface area contributed by atoms with E-state index in [0.29, 0.717) is 37.7 Å². The number of morpholine rings is 1. The highest BCUT2D eigenvalue weighted by Crippen LogP contribution is 2.32. The van der Waals surface area contributed by atoms with E-state index in [1.807, 2.05) is 0 Å². The van der Waals surface area contributed by atoms with Crippen LogP contribution < -0.4 is 20.4 Å². The molecular weight excluding hydrogens is 470 g/mol. The molecule has 4 rings (SSSR count). The molecule has 1 aliphatic heterocycles. The lowest BCUT2D eigenvalue weighted by Crippen LogP contribution is -2.37. The highest BCUT2D eigenvalue weighted by Gasteiger charge is 2.30. The molecule has 3 heterocycles. The molecular formula is C22H21F4N7O2. The zero-order chi connectivity index (χ0) is 24.8. The maximum atomic E-state index is 14.1. The van der Waals surface area contributed by atoms with Gasteiger partial charge in [-0.05, 0) is 30.3 Å². The Morgan fingerprint density at radius 3 is 2.69 bits per heavy atom. The van der Waals surface area contributed by atoms with Crippen LogP contribution in [0.5, 0.6) is 5.88 Å². The maximum Gasteiger partial charge on any atom is 0.416 e. The summed E-state index contributed by atoms with van der Waals surface area (Å²) in [6.45, 7) is 2.00. The molecule has 0 radical (unpaired) electrons. The van der Waals surface area contributed by atoms with Gasteiger partial charge in [-0.25, -0.2) is 19.8 Å². The van der Waals surface area contributed by atoms with Crippen molar-refractivity contribution < 1.29 is 27.0 Å². The lowest BCUT2D eigenvalue weighted by Gasteiger charge is -2.27. The van der Waals surface area contributed by atoms with Crippen molar-refractivity contribution in [2.75, 3.05) is 49.1 Å². The molecule has 184 valence electrons. The van der Waals surface area contributed by atoms with E-state index in [9.17, 15) is 17.6 Å². The first kappa shape index (κ1) is 24.1. The van der Waals surface area contributed by atoms with Crippen LogP contribution in [-0.4, -0.2) is 54.6 Å². The number of hydrogen-bond donors (Lipinski definition) is 2. The van der Waals surface area contributed by atoms with Crippen LogP contribution in [-0.2, 0) is 10.9 Å². The Morgan fingerprint density at radius 1 is 1.14 bits per heavy atom. The number of alkyl halides is 3. The third-order valence-electron chi connectivity index (χ3n) is 4.94. The van der Waals surface area contributed by atoms with Crippen molar-refractivity contribution in [3.05, 3.63) is 59.7 Å². The molecule has 1 saturated heterocycles. The number of ether oxygens (including phenoxy) is 2. The van der Waals surface area contributed by atoms with Crippen molar-refractivity contribution in [3.8, 4) is 5.88 Å². The van der Waals surface area contributed by atoms with Crippen molar-refractivity contribution in [3.63, 3.8) is 0 Å². The van der Waals surface area contributed by atoms with Gasteiger partial charge in [0.2, 0.25) is 11.8 Å². The smallest absolute Gasteiger partial charge is 0.416 e. The van der Waals surface area contributed by atoms with Crippen LogP contribution in [0.15, 0.2) is 47.7 Å². The zero-order valence-corrected chi connectivity index (χ0v) is 18.5. The van der Waals surface area contributed by atoms with Crippen LogP contribution in [0, 0.1) is 5.82 Å². The molecule has 2 N–H and O–H groups in total. The van der Waals surface area contributed by atoms with Crippen LogP contribution in [0.3, 0.4) is 0 Å². The third-order valence-corrected chi connectivity index (χ3v) is 4.94. The van der Waals surface area contributed by atoms with E-state index in [2.05, 4.69) is 30.8 Å². The Balaban J connectivity index is 1.45. The summed E-state index contributed by atoms with van der Waals surface area (Å²) >= 11 is 0. The summed E-state index contributed by atoms with van der Waals surface area (Å²) in [5.74, 6) is -0.138. The number of nitrogens with one attached hydrogen (secondary N) is 2. The largest absolute Gasteiger partial charge is 0.480 e. The average molecular weight is 491 g/mol. The van der Waals surface area contributed by atoms with E-state index in [1.54, 1.807) is 17.0 Å². The standard InChI is InChI=1S/C22H21F4N7O2/c1-34-20-18(29-15-4-2-3-14(11-15)22(24,25)26)6-5-16(30-20)12-28-32-21-27-13-17(23)19(31-21)33-7-9-35-10-8-33/h2-6,11-13,29H,7-10H2,1H3,(H,27,31,32)/b28-12+. The number of pyridine rings is 1. The summed E-state index contributed by atoms with van der Waals surface area (Å²) in [6.07, 6.45) is -2.02. The molecule has 0 saturated carbocycles. The maximum absolute atomic E-state index is 14.1. The Kier molecular flexibility index (Phi) is 7.25. The molecule has 0 spiro atoms. The second-order valence-corrected chi connectivity index (χ2v) is 7.33. The molecule has 1 aromatic carbocycles. The lowest BCUT2D eigenvalue weighted by atomic mass is 10.2. The average Bonchev–Trinajstić information content (AvgIpc) is 2.86. The molecule has 0 bridgehead atoms. The Labute approximate surface area is 197 Å². The second-order valence-electron chi connectivity index (χ2n) is 7.33. The minimum Gasteiger partial charge on any atom is -0.480 e. The van der Waals surface area contributed by atoms with E-state index in [0.717, 1.165) is 18.3 Å². The van der Waals surface area contributed by atoms with Gasteiger partial charge < -0.3 is 19.7 Å². The van der Waals surface area contributed by atoms with Gasteiger partial charge in [-0.3, -0.25) is 0 Å². The SMILES string of the molecule is COc1nc(/C=N/Nc2ncc(F)c(N3CCOCC3)n2)ccc1Nc1cccc(C(F)(F)F)c1. The summed E-state index contributed by atoms with van der Waals surface area (Å²) < 4.78 is 63.6. The topological polar surface area (TPSA) is 96.8 Å². The number of nitrogens with zero attached hydrogens (tertiary/aromatic N) is 5. The van der Waals surface area contributed by atoms with E-state index in [-0.39, 0.29) is 23.3 Å². The van der Waals surface area contributed by atoms with Crippen LogP contribution in [0.1, 0.15) is 11.3 Å². The van der Waals surface area contributed by atoms with Crippen LogP contribution in [0.2, 0.25) is 0 Å². The predicted molar refractivity (Wildman–Crippen MR) is 122 cm³/mol. The molecule has 9 nitrogen and oxygen atoms in total. The van der Waals surface area contributed by atoms with Gasteiger partial charge in [-0.2, -0.15) is 23.3 Å². The minimum absolute atomic E-state index is 0.0962. The highest BCUT2D eigenvalue weighted by molar-refractivity contribution is 5.79. The molecule has 1 fully saturated rings. The van der Waals surface area contributed by atoms with Gasteiger partial charge in [-0.1, -0.05) is 6.07 Å². The van der Waals surface area contributed by atoms with Gasteiger partial charge in [-0.15, -0.1) is 0 Å². The lowest BCUT2D eigenvalue weighted by molar-refractivity contribution is -0.137. The van der Waals surface area contributed by atoms with Gasteiger partial charge in [0.05, 0.1) is 44.0 Å². The second kappa shape index (κ2) is 10.5. The normalized spacial score (nSPS) is 14.3. The van der Waals surface area contributed by atoms with Crippen molar-refractivity contribution in [2.45, 2.75) is 6.18 Å². The summed E-state index contributed by atoms with van der Waals surface area (Å²) in [6, 6.07) is 7.98. The molecule has 1 aliphatic rings. The van der Waals surface area contributed by atoms with Crippen LogP contribution in [0.25, 0.3) is 0 Å². The molecule has 35 heavy (non-hydrogen) atoms. The number of anilines is 4. The zero-order valence-electron chi connectivity index (χ0n) is 18.5. The highest BCUT2D eigenvalue weighted by atomic mass is 19.4. The summed E-state index contributed by atoms with van der Waals surface area (Å²) in [5.41, 5.74) is 2.84. The van der Waals surface area contributed by atoms with E-state index < -0.39 is 17.6 Å². The van der Waals surface area contributed by atoms with Crippen LogP contribution >= 0.6 is 0 Å². The van der Waals surface area contributed by atoms with E-state index >= 15 is 0 Å². The number of rotatable bonds is 7. The summed E-state index contributed by atoms with van der Waals surface area (Å²) in [4.78, 5) is 14.1. The number of methoxy groups -OCH3 is 1. The van der Waals surface area contributed by atoms with Crippen molar-refractivity contribution in [2.24, 2.45) is 5.10 Å². The Morgan fingerprint density at radius 2 is 1.94 bits per heavy atom. The fourth-order valence-electron chi connectivity index (χ4n) is 3.27. The van der Waals surface area contributed by atoms with Gasteiger partial charge in [0.1, 0.15) is 5.69 Å². The molecule has 13 heteroatoms. The molecule has 0 atom stereocenters. The first-order valence-corrected chi connectivity index (χ1v) is 10.5. The van der Waals surface area contributed by atoms with Crippen molar-refractivity contribution in [1.82, 2.24) is 15.0 Å². The minimum atomic E-state index is -4.45. The molecule has 3 aromatic rings. The number of benzene rings is 1. The van der Waals surface area contributed by atoms with Crippen molar-refractivity contribution >= 4 is 29.4 Å². The number of hydrazone groups is 1. The Hall–Kier alpha value is -4.00. The van der Waals surface area contributed by atoms with E-state index in [4.69, 9.17) is 9.47 Å². The fraction of sp³-hybridized carbons (Fsp3) is 0.273. The fourth-order valence-corrected chi connectivity index (χ4v) is 3.27. The predicted octanol–water partition coefficient (Wildman–Crippen LogP) is 4.06. The molecule has 0 aliphatic carbocycles. The van der Waals surface area contributed by atoms with Gasteiger partial charge >= 0.3 is 6.18 Å². The first-order valence-electron chi connectivity index (χ1n) is 10.5. The third kappa shape index (κ3) is 6.12. The number of halogens is 4.